The Morgan fingerprint density at radius 1 is 1.15 bits per heavy atom. The Morgan fingerprint density at radius 2 is 1.82 bits per heavy atom. The summed E-state index contributed by atoms with van der Waals surface area (Å²) in [4.78, 5) is 31.7. The lowest BCUT2D eigenvalue weighted by atomic mass is 9.95. The third-order valence-electron chi connectivity index (χ3n) is 5.71. The summed E-state index contributed by atoms with van der Waals surface area (Å²) in [6.45, 7) is 7.71. The summed E-state index contributed by atoms with van der Waals surface area (Å²) in [7, 11) is -3.74. The van der Waals surface area contributed by atoms with Crippen molar-refractivity contribution in [3.8, 4) is 0 Å². The molecule has 2 heterocycles. The average Bonchev–Trinajstić information content (AvgIpc) is 2.75. The molecule has 10 heteroatoms. The lowest BCUT2D eigenvalue weighted by Crippen LogP contribution is -2.47. The Balaban J connectivity index is 1.68. The monoisotopic (exact) mass is 584 g/mol. The molecule has 0 saturated carbocycles. The highest BCUT2D eigenvalue weighted by Gasteiger charge is 2.34. The first-order chi connectivity index (χ1) is 15.4. The lowest BCUT2D eigenvalue weighted by Gasteiger charge is -2.34. The van der Waals surface area contributed by atoms with Crippen molar-refractivity contribution < 1.29 is 18.0 Å². The lowest BCUT2D eigenvalue weighted by molar-refractivity contribution is -0.123. The van der Waals surface area contributed by atoms with Crippen molar-refractivity contribution in [1.29, 1.82) is 0 Å². The number of aryl methyl sites for hydroxylation is 1. The normalized spacial score (nSPS) is 15.2. The molecule has 0 aliphatic carbocycles. The fourth-order valence-corrected chi connectivity index (χ4v) is 4.58. The average molecular weight is 584 g/mol. The molecule has 1 aromatic carbocycles. The van der Waals surface area contributed by atoms with Crippen molar-refractivity contribution in [3.63, 3.8) is 0 Å². The maximum Gasteiger partial charge on any atom is 0.259 e. The number of nitrogens with one attached hydrogen (secondary N) is 2. The van der Waals surface area contributed by atoms with Crippen molar-refractivity contribution >= 4 is 55.8 Å². The number of anilines is 2. The Kier molecular flexibility index (Phi) is 7.67. The van der Waals surface area contributed by atoms with Crippen LogP contribution in [0.1, 0.15) is 49.5 Å². The van der Waals surface area contributed by atoms with Crippen molar-refractivity contribution in [1.82, 2.24) is 9.71 Å². The Morgan fingerprint density at radius 3 is 2.42 bits per heavy atom. The zero-order valence-corrected chi connectivity index (χ0v) is 22.2. The van der Waals surface area contributed by atoms with Gasteiger partial charge in [0.05, 0.1) is 16.0 Å². The minimum Gasteiger partial charge on any atom is -0.371 e. The van der Waals surface area contributed by atoms with Gasteiger partial charge in [-0.2, -0.15) is 0 Å². The third kappa shape index (κ3) is 6.03. The van der Waals surface area contributed by atoms with E-state index in [1.54, 1.807) is 39.2 Å². The van der Waals surface area contributed by atoms with E-state index in [9.17, 15) is 18.0 Å². The molecular formula is C23H29IN4O4S. The fraction of sp³-hybridized carbons (Fsp3) is 0.435. The van der Waals surface area contributed by atoms with Crippen LogP contribution in [-0.4, -0.2) is 43.1 Å². The smallest absolute Gasteiger partial charge is 0.259 e. The van der Waals surface area contributed by atoms with Crippen LogP contribution < -0.4 is 14.9 Å². The number of carbonyl (C=O) groups is 2. The van der Waals surface area contributed by atoms with Gasteiger partial charge in [0.2, 0.25) is 15.9 Å². The zero-order chi connectivity index (χ0) is 24.4. The molecule has 3 rings (SSSR count). The molecule has 8 nitrogen and oxygen atoms in total. The van der Waals surface area contributed by atoms with Gasteiger partial charge in [-0.1, -0.05) is 0 Å². The van der Waals surface area contributed by atoms with E-state index in [1.807, 2.05) is 30.0 Å². The first kappa shape index (κ1) is 25.4. The first-order valence-corrected chi connectivity index (χ1v) is 13.3. The molecule has 0 unspecified atom stereocenters. The summed E-state index contributed by atoms with van der Waals surface area (Å²) in [6, 6.07) is 7.52. The Hall–Kier alpha value is -2.21. The molecule has 1 aliphatic rings. The second-order valence-electron chi connectivity index (χ2n) is 9.15. The maximum atomic E-state index is 13.0. The highest BCUT2D eigenvalue weighted by molar-refractivity contribution is 14.1. The van der Waals surface area contributed by atoms with Gasteiger partial charge in [-0.3, -0.25) is 19.3 Å². The fourth-order valence-electron chi connectivity index (χ4n) is 3.51. The van der Waals surface area contributed by atoms with E-state index >= 15 is 0 Å². The van der Waals surface area contributed by atoms with Crippen LogP contribution in [0.15, 0.2) is 36.7 Å². The first-order valence-electron chi connectivity index (χ1n) is 10.7. The van der Waals surface area contributed by atoms with E-state index in [4.69, 9.17) is 0 Å². The molecule has 1 aliphatic heterocycles. The van der Waals surface area contributed by atoms with Gasteiger partial charge in [0.25, 0.3) is 5.91 Å². The van der Waals surface area contributed by atoms with E-state index in [1.165, 1.54) is 0 Å². The number of carbonyl (C=O) groups excluding carboxylic acids is 2. The van der Waals surface area contributed by atoms with Gasteiger partial charge in [-0.05, 0) is 93.0 Å². The van der Waals surface area contributed by atoms with E-state index in [0.29, 0.717) is 37.2 Å². The third-order valence-corrected chi connectivity index (χ3v) is 9.00. The van der Waals surface area contributed by atoms with Crippen LogP contribution in [0, 0.1) is 16.4 Å². The van der Waals surface area contributed by atoms with Gasteiger partial charge in [-0.15, -0.1) is 0 Å². The second kappa shape index (κ2) is 9.96. The minimum atomic E-state index is -3.74. The minimum absolute atomic E-state index is 0.255. The summed E-state index contributed by atoms with van der Waals surface area (Å²) in [6.07, 6.45) is 4.16. The predicted molar refractivity (Wildman–Crippen MR) is 138 cm³/mol. The largest absolute Gasteiger partial charge is 0.371 e. The van der Waals surface area contributed by atoms with Crippen LogP contribution in [-0.2, 0) is 14.8 Å². The number of halogens is 1. The Bertz CT molecular complexity index is 1150. The number of hydrogen-bond donors (Lipinski definition) is 2. The van der Waals surface area contributed by atoms with Gasteiger partial charge >= 0.3 is 0 Å². The SMILES string of the molecule is Cc1cc(NC(=O)c2cnccc2N2CCC(C(=O)NS(=O)(=O)C(C)(C)C)CC2)ccc1I. The summed E-state index contributed by atoms with van der Waals surface area (Å²) < 4.78 is 26.9. The van der Waals surface area contributed by atoms with E-state index in [2.05, 4.69) is 37.6 Å². The zero-order valence-electron chi connectivity index (χ0n) is 19.2. The van der Waals surface area contributed by atoms with Crippen LogP contribution in [0.25, 0.3) is 0 Å². The highest BCUT2D eigenvalue weighted by atomic mass is 127. The van der Waals surface area contributed by atoms with Gasteiger partial charge in [-0.25, -0.2) is 8.42 Å². The van der Waals surface area contributed by atoms with E-state index in [-0.39, 0.29) is 5.91 Å². The molecular weight excluding hydrogens is 555 g/mol. The molecule has 0 bridgehead atoms. The summed E-state index contributed by atoms with van der Waals surface area (Å²) in [5.74, 6) is -1.12. The van der Waals surface area contributed by atoms with Crippen LogP contribution in [0.3, 0.4) is 0 Å². The molecule has 33 heavy (non-hydrogen) atoms. The standard InChI is InChI=1S/C23H29IN4O4S/c1-15-13-17(5-6-19(15)24)26-22(30)18-14-25-10-7-20(18)28-11-8-16(9-12-28)21(29)27-33(31,32)23(2,3)4/h5-7,10,13-14,16H,8-9,11-12H2,1-4H3,(H,26,30)(H,27,29). The van der Waals surface area contributed by atoms with Crippen LogP contribution in [0.4, 0.5) is 11.4 Å². The number of nitrogens with zero attached hydrogens (tertiary/aromatic N) is 2. The molecule has 1 aromatic heterocycles. The number of amides is 2. The van der Waals surface area contributed by atoms with Crippen molar-refractivity contribution in [2.45, 2.75) is 45.3 Å². The van der Waals surface area contributed by atoms with Crippen molar-refractivity contribution in [2.75, 3.05) is 23.3 Å². The predicted octanol–water partition coefficient (Wildman–Crippen LogP) is 3.71. The molecule has 2 aromatic rings. The van der Waals surface area contributed by atoms with Gasteiger partial charge in [0.1, 0.15) is 0 Å². The topological polar surface area (TPSA) is 108 Å². The van der Waals surface area contributed by atoms with E-state index < -0.39 is 26.6 Å². The van der Waals surface area contributed by atoms with Gasteiger partial charge < -0.3 is 10.2 Å². The van der Waals surface area contributed by atoms with Gasteiger partial charge in [0, 0.05) is 40.7 Å². The molecule has 1 saturated heterocycles. The number of hydrogen-bond acceptors (Lipinski definition) is 6. The molecule has 2 amide bonds. The number of rotatable bonds is 5. The molecule has 0 atom stereocenters. The highest BCUT2D eigenvalue weighted by Crippen LogP contribution is 2.27. The summed E-state index contributed by atoms with van der Waals surface area (Å²) >= 11 is 2.25. The number of benzene rings is 1. The number of sulfonamides is 1. The van der Waals surface area contributed by atoms with Crippen LogP contribution >= 0.6 is 22.6 Å². The number of aromatic nitrogens is 1. The Labute approximate surface area is 208 Å². The van der Waals surface area contributed by atoms with E-state index in [0.717, 1.165) is 14.8 Å². The number of pyridine rings is 1. The maximum absolute atomic E-state index is 13.0. The van der Waals surface area contributed by atoms with Crippen molar-refractivity contribution in [3.05, 3.63) is 51.4 Å². The van der Waals surface area contributed by atoms with Gasteiger partial charge in [0.15, 0.2) is 0 Å². The second-order valence-corrected chi connectivity index (χ2v) is 12.8. The molecule has 1 fully saturated rings. The summed E-state index contributed by atoms with van der Waals surface area (Å²) in [5.41, 5.74) is 2.98. The molecule has 2 N–H and O–H groups in total. The van der Waals surface area contributed by atoms with Crippen LogP contribution in [0.5, 0.6) is 0 Å². The summed E-state index contributed by atoms with van der Waals surface area (Å²) in [5, 5.41) is 2.93. The molecule has 178 valence electrons. The van der Waals surface area contributed by atoms with Crippen LogP contribution in [0.2, 0.25) is 0 Å². The quantitative estimate of drug-likeness (QED) is 0.519. The van der Waals surface area contributed by atoms with Crippen molar-refractivity contribution in [2.24, 2.45) is 5.92 Å². The number of piperidine rings is 1. The molecule has 0 spiro atoms. The molecule has 0 radical (unpaired) electrons.